The molecule has 6 nitrogen and oxygen atoms in total. The molecule has 0 heterocycles. The zero-order chi connectivity index (χ0) is 47.5. The second-order valence-corrected chi connectivity index (χ2v) is 21.0. The molecule has 0 amide bonds. The summed E-state index contributed by atoms with van der Waals surface area (Å²) in [4.78, 5) is 38.1. The summed E-state index contributed by atoms with van der Waals surface area (Å²) in [7, 11) is 0. The first-order chi connectivity index (χ1) is 31.8. The minimum atomic E-state index is -0.762. The van der Waals surface area contributed by atoms with Crippen LogP contribution in [-0.4, -0.2) is 37.2 Å². The number of carbonyl (C=O) groups is 3. The molecule has 2 atom stereocenters. The van der Waals surface area contributed by atoms with Crippen LogP contribution >= 0.6 is 0 Å². The largest absolute Gasteiger partial charge is 0.462 e. The molecular formula is C59H114O6. The molecule has 0 saturated heterocycles. The molecule has 0 bridgehead atoms. The van der Waals surface area contributed by atoms with Gasteiger partial charge in [0.05, 0.1) is 0 Å². The van der Waals surface area contributed by atoms with E-state index in [-0.39, 0.29) is 31.1 Å². The fourth-order valence-electron chi connectivity index (χ4n) is 9.02. The highest BCUT2D eigenvalue weighted by Gasteiger charge is 2.19. The Hall–Kier alpha value is -1.59. The number of rotatable bonds is 53. The van der Waals surface area contributed by atoms with Gasteiger partial charge in [0.15, 0.2) is 6.10 Å². The lowest BCUT2D eigenvalue weighted by molar-refractivity contribution is -0.167. The highest BCUT2D eigenvalue weighted by atomic mass is 16.6. The van der Waals surface area contributed by atoms with Gasteiger partial charge in [-0.2, -0.15) is 0 Å². The van der Waals surface area contributed by atoms with Crippen molar-refractivity contribution in [3.05, 3.63) is 0 Å². The quantitative estimate of drug-likeness (QED) is 0.0344. The third-order valence-electron chi connectivity index (χ3n) is 13.8. The van der Waals surface area contributed by atoms with Crippen LogP contribution in [0, 0.1) is 11.8 Å². The van der Waals surface area contributed by atoms with Gasteiger partial charge in [-0.1, -0.05) is 291 Å². The molecule has 0 saturated carbocycles. The molecule has 6 heteroatoms. The van der Waals surface area contributed by atoms with Gasteiger partial charge in [-0.15, -0.1) is 0 Å². The minimum Gasteiger partial charge on any atom is -0.462 e. The Labute approximate surface area is 406 Å². The molecule has 0 aromatic carbocycles. The molecule has 0 radical (unpaired) electrons. The first-order valence-corrected chi connectivity index (χ1v) is 29.3. The third-order valence-corrected chi connectivity index (χ3v) is 13.8. The van der Waals surface area contributed by atoms with Crippen LogP contribution in [0.4, 0.5) is 0 Å². The van der Waals surface area contributed by atoms with Gasteiger partial charge in [-0.3, -0.25) is 14.4 Å². The number of unbranched alkanes of at least 4 members (excludes halogenated alkanes) is 37. The van der Waals surface area contributed by atoms with Gasteiger partial charge >= 0.3 is 17.9 Å². The van der Waals surface area contributed by atoms with Gasteiger partial charge in [-0.25, -0.2) is 0 Å². The van der Waals surface area contributed by atoms with E-state index >= 15 is 0 Å². The van der Waals surface area contributed by atoms with E-state index < -0.39 is 6.10 Å². The van der Waals surface area contributed by atoms with Gasteiger partial charge in [0.1, 0.15) is 13.2 Å². The van der Waals surface area contributed by atoms with E-state index in [2.05, 4.69) is 34.6 Å². The normalized spacial score (nSPS) is 12.5. The SMILES string of the molecule is CCCCCCCCCCCCCC(=O)O[C@@H](COC(=O)CCCCCCCCCCCCCCCCCC(C)C)COC(=O)CCCCCCCCCCCCCCCCC(C)CC. The van der Waals surface area contributed by atoms with E-state index in [1.54, 1.807) is 0 Å². The molecule has 0 aromatic rings. The first-order valence-electron chi connectivity index (χ1n) is 29.3. The summed E-state index contributed by atoms with van der Waals surface area (Å²) in [6.45, 7) is 11.5. The van der Waals surface area contributed by atoms with Gasteiger partial charge in [0, 0.05) is 19.3 Å². The predicted octanol–water partition coefficient (Wildman–Crippen LogP) is 19.3. The van der Waals surface area contributed by atoms with Gasteiger partial charge in [0.25, 0.3) is 0 Å². The Bertz CT molecular complexity index is 995. The van der Waals surface area contributed by atoms with Crippen LogP contribution in [0.2, 0.25) is 0 Å². The smallest absolute Gasteiger partial charge is 0.306 e. The van der Waals surface area contributed by atoms with Crippen LogP contribution < -0.4 is 0 Å². The van der Waals surface area contributed by atoms with Crippen molar-refractivity contribution < 1.29 is 28.6 Å². The maximum Gasteiger partial charge on any atom is 0.306 e. The fourth-order valence-corrected chi connectivity index (χ4v) is 9.02. The molecule has 65 heavy (non-hydrogen) atoms. The van der Waals surface area contributed by atoms with Crippen LogP contribution in [0.15, 0.2) is 0 Å². The molecule has 0 rings (SSSR count). The molecule has 0 aromatic heterocycles. The van der Waals surface area contributed by atoms with Gasteiger partial charge in [-0.05, 0) is 31.1 Å². The Morgan fingerprint density at radius 1 is 0.323 bits per heavy atom. The molecule has 1 unspecified atom stereocenters. The Morgan fingerprint density at radius 2 is 0.585 bits per heavy atom. The van der Waals surface area contributed by atoms with Crippen LogP contribution in [-0.2, 0) is 28.6 Å². The van der Waals surface area contributed by atoms with E-state index in [4.69, 9.17) is 14.2 Å². The van der Waals surface area contributed by atoms with Crippen molar-refractivity contribution in [2.45, 2.75) is 336 Å². The number of carbonyl (C=O) groups excluding carboxylic acids is 3. The number of hydrogen-bond donors (Lipinski definition) is 0. The molecular weight excluding hydrogens is 805 g/mol. The summed E-state index contributed by atoms with van der Waals surface area (Å²) in [6, 6.07) is 0. The zero-order valence-electron chi connectivity index (χ0n) is 44.6. The maximum atomic E-state index is 12.8. The van der Waals surface area contributed by atoms with E-state index in [0.717, 1.165) is 69.6 Å². The molecule has 0 aliphatic heterocycles. The number of ether oxygens (including phenoxy) is 3. The summed E-state index contributed by atoms with van der Waals surface area (Å²) in [5.41, 5.74) is 0. The van der Waals surface area contributed by atoms with Crippen molar-refractivity contribution in [2.24, 2.45) is 11.8 Å². The van der Waals surface area contributed by atoms with Crippen molar-refractivity contribution in [3.8, 4) is 0 Å². The van der Waals surface area contributed by atoms with E-state index in [1.807, 2.05) is 0 Å². The van der Waals surface area contributed by atoms with Gasteiger partial charge < -0.3 is 14.2 Å². The highest BCUT2D eigenvalue weighted by Crippen LogP contribution is 2.19. The van der Waals surface area contributed by atoms with E-state index in [1.165, 1.54) is 218 Å². The first kappa shape index (κ1) is 63.4. The average Bonchev–Trinajstić information content (AvgIpc) is 3.29. The summed E-state index contributed by atoms with van der Waals surface area (Å²) < 4.78 is 16.9. The van der Waals surface area contributed by atoms with Crippen LogP contribution in [0.25, 0.3) is 0 Å². The molecule has 0 fully saturated rings. The fraction of sp³-hybridized carbons (Fsp3) is 0.949. The topological polar surface area (TPSA) is 78.9 Å². The summed E-state index contributed by atoms with van der Waals surface area (Å²) in [5.74, 6) is 0.906. The zero-order valence-corrected chi connectivity index (χ0v) is 44.6. The van der Waals surface area contributed by atoms with Crippen LogP contribution in [0.3, 0.4) is 0 Å². The third kappa shape index (κ3) is 51.6. The molecule has 0 spiro atoms. The summed E-state index contributed by atoms with van der Waals surface area (Å²) in [6.07, 6.45) is 55.2. The van der Waals surface area contributed by atoms with Crippen molar-refractivity contribution in [3.63, 3.8) is 0 Å². The molecule has 0 aliphatic rings. The molecule has 0 aliphatic carbocycles. The minimum absolute atomic E-state index is 0.0626. The maximum absolute atomic E-state index is 12.8. The Morgan fingerprint density at radius 3 is 0.877 bits per heavy atom. The van der Waals surface area contributed by atoms with Crippen LogP contribution in [0.5, 0.6) is 0 Å². The summed E-state index contributed by atoms with van der Waals surface area (Å²) in [5, 5.41) is 0. The van der Waals surface area contributed by atoms with Crippen LogP contribution in [0.1, 0.15) is 330 Å². The average molecular weight is 920 g/mol. The van der Waals surface area contributed by atoms with E-state index in [0.29, 0.717) is 19.3 Å². The lowest BCUT2D eigenvalue weighted by atomic mass is 9.99. The van der Waals surface area contributed by atoms with Crippen molar-refractivity contribution in [1.29, 1.82) is 0 Å². The second-order valence-electron chi connectivity index (χ2n) is 21.0. The number of esters is 3. The predicted molar refractivity (Wildman–Crippen MR) is 280 cm³/mol. The Balaban J connectivity index is 4.24. The molecule has 0 N–H and O–H groups in total. The number of hydrogen-bond acceptors (Lipinski definition) is 6. The van der Waals surface area contributed by atoms with Gasteiger partial charge in [0.2, 0.25) is 0 Å². The van der Waals surface area contributed by atoms with Crippen molar-refractivity contribution in [1.82, 2.24) is 0 Å². The highest BCUT2D eigenvalue weighted by molar-refractivity contribution is 5.71. The standard InChI is InChI=1S/C59H114O6/c1-6-8-9-10-11-12-22-31-36-41-46-51-59(62)65-56(52-63-57(60)49-44-39-34-29-25-20-15-13-14-18-23-27-32-37-42-47-54(3)4)53-64-58(61)50-45-40-35-30-26-21-17-16-19-24-28-33-38-43-48-55(5)7-2/h54-56H,6-53H2,1-5H3/t55?,56-/m0/s1. The van der Waals surface area contributed by atoms with Crippen molar-refractivity contribution >= 4 is 17.9 Å². The lowest BCUT2D eigenvalue weighted by Gasteiger charge is -2.18. The second kappa shape index (κ2) is 51.8. The monoisotopic (exact) mass is 919 g/mol. The molecule has 386 valence electrons. The van der Waals surface area contributed by atoms with Crippen molar-refractivity contribution in [2.75, 3.05) is 13.2 Å². The van der Waals surface area contributed by atoms with E-state index in [9.17, 15) is 14.4 Å². The lowest BCUT2D eigenvalue weighted by Crippen LogP contribution is -2.30. The Kier molecular flexibility index (Phi) is 50.5. The summed E-state index contributed by atoms with van der Waals surface area (Å²) >= 11 is 0.